The molecule has 0 heterocycles. The van der Waals surface area contributed by atoms with Crippen molar-refractivity contribution in [3.8, 4) is 0 Å². The van der Waals surface area contributed by atoms with Crippen LogP contribution in [0.15, 0.2) is 95.4 Å². The number of benzene rings is 2. The first kappa shape index (κ1) is 25.1. The van der Waals surface area contributed by atoms with Gasteiger partial charge in [-0.1, -0.05) is 71.8 Å². The molecule has 4 heteroatoms. The van der Waals surface area contributed by atoms with Crippen LogP contribution in [0, 0.1) is 12.2 Å². The summed E-state index contributed by atoms with van der Waals surface area (Å²) in [6, 6.07) is 24.1. The summed E-state index contributed by atoms with van der Waals surface area (Å²) in [6.07, 6.45) is 18.5. The molecule has 0 nitrogen and oxygen atoms in total. The molecule has 0 saturated heterocycles. The quantitative estimate of drug-likeness (QED) is 0.370. The number of hydrogen-bond acceptors (Lipinski definition) is 0. The van der Waals surface area contributed by atoms with Gasteiger partial charge in [-0.3, -0.25) is 12.2 Å². The number of rotatable bonds is 6. The molecule has 0 saturated carbocycles. The summed E-state index contributed by atoms with van der Waals surface area (Å²) in [5, 5.41) is 2.91. The molecule has 0 aliphatic heterocycles. The smallest absolute Gasteiger partial charge is 1.00 e. The van der Waals surface area contributed by atoms with Crippen molar-refractivity contribution in [3.05, 3.63) is 119 Å². The van der Waals surface area contributed by atoms with E-state index in [2.05, 4.69) is 97.1 Å². The van der Waals surface area contributed by atoms with Crippen LogP contribution in [0.1, 0.15) is 24.0 Å². The molecule has 2 aliphatic carbocycles. The molecule has 2 aromatic carbocycles. The number of allylic oxidation sites excluding steroid dienone is 8. The summed E-state index contributed by atoms with van der Waals surface area (Å²) in [5.74, 6) is 0. The van der Waals surface area contributed by atoms with Gasteiger partial charge >= 0.3 is 26.2 Å². The Morgan fingerprint density at radius 3 is 1.36 bits per heavy atom. The van der Waals surface area contributed by atoms with Crippen LogP contribution in [0.5, 0.6) is 0 Å². The minimum absolute atomic E-state index is 0. The van der Waals surface area contributed by atoms with E-state index in [4.69, 9.17) is 0 Å². The predicted octanol–water partition coefficient (Wildman–Crippen LogP) is -0.538. The molecule has 0 aromatic heterocycles. The standard InChI is InChI=1S/C24H22Si.2ClH.Zr/c1-3-11-21(12-4-1)19-25(23-15-7-8-16-23,24-17-9-10-18-24)20-22-13-5-2-6-14-22;;;/h1-7,9,11-15,17H,8,10,19-20H2;2*1H;/q-2;;;+4/p-2. The maximum absolute atomic E-state index is 3.69. The zero-order valence-corrected chi connectivity index (χ0v) is 20.6. The SMILES string of the molecule is [C-]1=C([Si](Cc2ccccc2)(Cc2ccccc2)C2=[C-]CC=C2)C=CC1.[Cl-].[Cl-].[Zr+4]. The van der Waals surface area contributed by atoms with Crippen LogP contribution >= 0.6 is 0 Å². The van der Waals surface area contributed by atoms with Crippen molar-refractivity contribution in [3.63, 3.8) is 0 Å². The Morgan fingerprint density at radius 2 is 1.04 bits per heavy atom. The first-order chi connectivity index (χ1) is 12.4. The Labute approximate surface area is 201 Å². The molecule has 0 unspecified atom stereocenters. The first-order valence-corrected chi connectivity index (χ1v) is 11.4. The van der Waals surface area contributed by atoms with Gasteiger partial charge in [-0.05, 0) is 12.1 Å². The second kappa shape index (κ2) is 11.9. The van der Waals surface area contributed by atoms with Crippen LogP contribution in [0.3, 0.4) is 0 Å². The number of halogens is 2. The van der Waals surface area contributed by atoms with Crippen LogP contribution in [-0.2, 0) is 38.3 Å². The molecule has 4 rings (SSSR count). The fourth-order valence-electron chi connectivity index (χ4n) is 3.94. The summed E-state index contributed by atoms with van der Waals surface area (Å²) < 4.78 is 0. The van der Waals surface area contributed by atoms with Crippen molar-refractivity contribution >= 4 is 8.07 Å². The average molecular weight is 501 g/mol. The van der Waals surface area contributed by atoms with Gasteiger partial charge in [0.05, 0.1) is 8.07 Å². The largest absolute Gasteiger partial charge is 4.00 e. The van der Waals surface area contributed by atoms with Gasteiger partial charge in [0, 0.05) is 0 Å². The molecule has 140 valence electrons. The van der Waals surface area contributed by atoms with Gasteiger partial charge < -0.3 is 24.8 Å². The van der Waals surface area contributed by atoms with Crippen molar-refractivity contribution < 1.29 is 51.0 Å². The van der Waals surface area contributed by atoms with Crippen LogP contribution < -0.4 is 24.8 Å². The van der Waals surface area contributed by atoms with E-state index < -0.39 is 8.07 Å². The Kier molecular flexibility index (Phi) is 10.7. The second-order valence-electron chi connectivity index (χ2n) is 6.80. The summed E-state index contributed by atoms with van der Waals surface area (Å²) in [5.41, 5.74) is 2.85. The van der Waals surface area contributed by atoms with E-state index in [0.717, 1.165) is 24.9 Å². The van der Waals surface area contributed by atoms with E-state index in [1.807, 2.05) is 0 Å². The van der Waals surface area contributed by atoms with E-state index in [0.29, 0.717) is 0 Å². The third kappa shape index (κ3) is 5.57. The maximum atomic E-state index is 3.69. The molecule has 0 fully saturated rings. The van der Waals surface area contributed by atoms with Crippen molar-refractivity contribution in [1.82, 2.24) is 0 Å². The first-order valence-electron chi connectivity index (χ1n) is 9.00. The summed E-state index contributed by atoms with van der Waals surface area (Å²) in [4.78, 5) is 0. The number of hydrogen-bond donors (Lipinski definition) is 0. The van der Waals surface area contributed by atoms with Gasteiger partial charge in [0.1, 0.15) is 0 Å². The van der Waals surface area contributed by atoms with E-state index in [1.165, 1.54) is 21.5 Å². The molecule has 2 aliphatic rings. The molecule has 2 aromatic rings. The monoisotopic (exact) mass is 498 g/mol. The minimum atomic E-state index is -1.97. The summed E-state index contributed by atoms with van der Waals surface area (Å²) in [6.45, 7) is 0. The Balaban J connectivity index is 0.00000131. The molecule has 0 spiro atoms. The molecule has 28 heavy (non-hydrogen) atoms. The fraction of sp³-hybridized carbons (Fsp3) is 0.167. The van der Waals surface area contributed by atoms with Crippen molar-refractivity contribution in [2.24, 2.45) is 0 Å². The van der Waals surface area contributed by atoms with E-state index in [-0.39, 0.29) is 51.0 Å². The molecular weight excluding hydrogens is 478 g/mol. The fourth-order valence-corrected chi connectivity index (χ4v) is 8.74. The Hall–Kier alpha value is -0.920. The molecule has 0 N–H and O–H groups in total. The van der Waals surface area contributed by atoms with Crippen molar-refractivity contribution in [1.29, 1.82) is 0 Å². The third-order valence-corrected chi connectivity index (χ3v) is 9.89. The predicted molar refractivity (Wildman–Crippen MR) is 107 cm³/mol. The Bertz CT molecular complexity index is 781. The molecule has 0 radical (unpaired) electrons. The van der Waals surface area contributed by atoms with E-state index >= 15 is 0 Å². The molecular formula is C24H22Cl2SiZr. The van der Waals surface area contributed by atoms with Gasteiger partial charge in [-0.25, -0.2) is 22.5 Å². The van der Waals surface area contributed by atoms with Crippen LogP contribution in [0.4, 0.5) is 0 Å². The average Bonchev–Trinajstić information content (AvgIpc) is 3.37. The van der Waals surface area contributed by atoms with Gasteiger partial charge in [0.15, 0.2) is 0 Å². The van der Waals surface area contributed by atoms with Gasteiger partial charge in [0.25, 0.3) is 0 Å². The third-order valence-electron chi connectivity index (χ3n) is 5.12. The zero-order chi connectivity index (χ0) is 17.0. The van der Waals surface area contributed by atoms with Crippen LogP contribution in [-0.4, -0.2) is 8.07 Å². The van der Waals surface area contributed by atoms with Crippen molar-refractivity contribution in [2.75, 3.05) is 0 Å². The van der Waals surface area contributed by atoms with Crippen molar-refractivity contribution in [2.45, 2.75) is 24.9 Å². The maximum Gasteiger partial charge on any atom is 4.00 e. The van der Waals surface area contributed by atoms with E-state index in [1.54, 1.807) is 0 Å². The second-order valence-corrected chi connectivity index (χ2v) is 10.7. The summed E-state index contributed by atoms with van der Waals surface area (Å²) in [7, 11) is -1.97. The summed E-state index contributed by atoms with van der Waals surface area (Å²) >= 11 is 0. The van der Waals surface area contributed by atoms with Gasteiger partial charge in [-0.2, -0.15) is 12.2 Å². The van der Waals surface area contributed by atoms with Gasteiger partial charge in [-0.15, -0.1) is 12.8 Å². The molecule has 0 atom stereocenters. The van der Waals surface area contributed by atoms with E-state index in [9.17, 15) is 0 Å². The normalized spacial score (nSPS) is 14.4. The molecule has 0 bridgehead atoms. The minimum Gasteiger partial charge on any atom is -1.00 e. The zero-order valence-electron chi connectivity index (χ0n) is 15.7. The van der Waals surface area contributed by atoms with Crippen LogP contribution in [0.2, 0.25) is 0 Å². The van der Waals surface area contributed by atoms with Gasteiger partial charge in [0.2, 0.25) is 0 Å². The Morgan fingerprint density at radius 1 is 0.643 bits per heavy atom. The van der Waals surface area contributed by atoms with Crippen LogP contribution in [0.25, 0.3) is 0 Å². The topological polar surface area (TPSA) is 0 Å². The molecule has 0 amide bonds.